The maximum Gasteiger partial charge on any atom is 0.117 e. The molecule has 1 aliphatic carbocycles. The van der Waals surface area contributed by atoms with Crippen molar-refractivity contribution in [2.45, 2.75) is 31.1 Å². The van der Waals surface area contributed by atoms with Gasteiger partial charge in [-0.2, -0.15) is 0 Å². The molecule has 1 aromatic heterocycles. The van der Waals surface area contributed by atoms with Crippen LogP contribution in [0.4, 0.5) is 0 Å². The predicted molar refractivity (Wildman–Crippen MR) is 74.9 cm³/mol. The number of hydrogen-bond donors (Lipinski definition) is 1. The van der Waals surface area contributed by atoms with Gasteiger partial charge in [0.15, 0.2) is 0 Å². The minimum atomic E-state index is 0.0527. The van der Waals surface area contributed by atoms with Gasteiger partial charge in [-0.15, -0.1) is 0 Å². The van der Waals surface area contributed by atoms with Crippen molar-refractivity contribution in [3.63, 3.8) is 0 Å². The van der Waals surface area contributed by atoms with Crippen LogP contribution in [0, 0.1) is 0 Å². The van der Waals surface area contributed by atoms with E-state index >= 15 is 0 Å². The zero-order valence-electron chi connectivity index (χ0n) is 10.6. The maximum absolute atomic E-state index is 6.28. The number of halogens is 1. The molecule has 0 spiro atoms. The molecule has 18 heavy (non-hydrogen) atoms. The van der Waals surface area contributed by atoms with Crippen molar-refractivity contribution < 1.29 is 0 Å². The molecule has 0 amide bonds. The third-order valence-corrected chi connectivity index (χ3v) is 4.58. The van der Waals surface area contributed by atoms with Crippen LogP contribution in [0.2, 0.25) is 5.02 Å². The summed E-state index contributed by atoms with van der Waals surface area (Å²) < 4.78 is 2.13. The first-order valence-corrected chi connectivity index (χ1v) is 6.87. The van der Waals surface area contributed by atoms with Crippen LogP contribution in [-0.4, -0.2) is 16.1 Å². The van der Waals surface area contributed by atoms with E-state index < -0.39 is 0 Å². The number of imidazole rings is 1. The normalized spacial score (nSPS) is 18.6. The highest BCUT2D eigenvalue weighted by Gasteiger charge is 2.38. The van der Waals surface area contributed by atoms with E-state index in [0.717, 1.165) is 34.7 Å². The van der Waals surface area contributed by atoms with E-state index in [4.69, 9.17) is 22.3 Å². The molecule has 0 radical (unpaired) electrons. The third-order valence-electron chi connectivity index (χ3n) is 4.27. The van der Waals surface area contributed by atoms with Crippen LogP contribution in [0.3, 0.4) is 0 Å². The fourth-order valence-electron chi connectivity index (χ4n) is 3.27. The molecule has 0 saturated heterocycles. The van der Waals surface area contributed by atoms with Crippen molar-refractivity contribution in [1.82, 2.24) is 9.55 Å². The summed E-state index contributed by atoms with van der Waals surface area (Å²) in [5.41, 5.74) is 8.09. The molecule has 3 rings (SSSR count). The lowest BCUT2D eigenvalue weighted by Gasteiger charge is -2.26. The summed E-state index contributed by atoms with van der Waals surface area (Å²) >= 11 is 6.28. The topological polar surface area (TPSA) is 43.8 Å². The number of para-hydroxylation sites is 1. The van der Waals surface area contributed by atoms with Crippen LogP contribution < -0.4 is 5.73 Å². The van der Waals surface area contributed by atoms with Gasteiger partial charge < -0.3 is 10.3 Å². The van der Waals surface area contributed by atoms with Crippen LogP contribution in [0.5, 0.6) is 0 Å². The Hall–Kier alpha value is -1.06. The molecule has 1 saturated carbocycles. The number of aryl methyl sites for hydroxylation is 1. The first-order valence-electron chi connectivity index (χ1n) is 6.49. The summed E-state index contributed by atoms with van der Waals surface area (Å²) in [5.74, 6) is 1.10. The summed E-state index contributed by atoms with van der Waals surface area (Å²) in [6, 6.07) is 5.88. The molecule has 0 bridgehead atoms. The number of aromatic nitrogens is 2. The predicted octanol–water partition coefficient (Wildman–Crippen LogP) is 3.00. The first-order chi connectivity index (χ1) is 8.68. The maximum atomic E-state index is 6.28. The summed E-state index contributed by atoms with van der Waals surface area (Å²) in [4.78, 5) is 4.80. The quantitative estimate of drug-likeness (QED) is 0.905. The molecule has 1 aromatic carbocycles. The lowest BCUT2D eigenvalue weighted by molar-refractivity contribution is 0.414. The standard InChI is InChI=1S/C14H18ClN3/c1-18-12-10(15)5-4-6-11(12)17-13(18)14(9-16)7-2-3-8-14/h4-6H,2-3,7-9,16H2,1H3. The smallest absolute Gasteiger partial charge is 0.117 e. The van der Waals surface area contributed by atoms with E-state index in [9.17, 15) is 0 Å². The van der Waals surface area contributed by atoms with Gasteiger partial charge in [0.1, 0.15) is 5.82 Å². The van der Waals surface area contributed by atoms with Gasteiger partial charge in [0.25, 0.3) is 0 Å². The minimum Gasteiger partial charge on any atom is -0.329 e. The number of benzene rings is 1. The van der Waals surface area contributed by atoms with Gasteiger partial charge in [-0.25, -0.2) is 4.98 Å². The number of hydrogen-bond acceptors (Lipinski definition) is 2. The SMILES string of the molecule is Cn1c(C2(CN)CCCC2)nc2cccc(Cl)c21. The second-order valence-electron chi connectivity index (χ2n) is 5.29. The summed E-state index contributed by atoms with van der Waals surface area (Å²) in [7, 11) is 2.05. The Balaban J connectivity index is 2.24. The Bertz CT molecular complexity index is 582. The van der Waals surface area contributed by atoms with E-state index in [2.05, 4.69) is 4.57 Å². The van der Waals surface area contributed by atoms with Crippen molar-refractivity contribution in [3.8, 4) is 0 Å². The van der Waals surface area contributed by atoms with E-state index in [1.807, 2.05) is 25.2 Å². The van der Waals surface area contributed by atoms with Crippen molar-refractivity contribution in [3.05, 3.63) is 29.0 Å². The highest BCUT2D eigenvalue weighted by atomic mass is 35.5. The first kappa shape index (κ1) is 12.0. The van der Waals surface area contributed by atoms with Gasteiger partial charge >= 0.3 is 0 Å². The molecule has 3 nitrogen and oxygen atoms in total. The van der Waals surface area contributed by atoms with Gasteiger partial charge in [-0.1, -0.05) is 30.5 Å². The summed E-state index contributed by atoms with van der Waals surface area (Å²) in [6.45, 7) is 0.668. The Morgan fingerprint density at radius 1 is 1.39 bits per heavy atom. The lowest BCUT2D eigenvalue weighted by atomic mass is 9.85. The molecule has 0 unspecified atom stereocenters. The average molecular weight is 264 g/mol. The van der Waals surface area contributed by atoms with Gasteiger partial charge in [-0.05, 0) is 25.0 Å². The van der Waals surface area contributed by atoms with Crippen LogP contribution in [0.1, 0.15) is 31.5 Å². The number of rotatable bonds is 2. The number of fused-ring (bicyclic) bond motifs is 1. The van der Waals surface area contributed by atoms with Crippen LogP contribution in [-0.2, 0) is 12.5 Å². The molecular weight excluding hydrogens is 246 g/mol. The fraction of sp³-hybridized carbons (Fsp3) is 0.500. The molecule has 2 N–H and O–H groups in total. The molecule has 1 heterocycles. The van der Waals surface area contributed by atoms with Crippen molar-refractivity contribution in [2.24, 2.45) is 12.8 Å². The molecule has 0 aliphatic heterocycles. The summed E-state index contributed by atoms with van der Waals surface area (Å²) in [5, 5.41) is 0.763. The van der Waals surface area contributed by atoms with Crippen molar-refractivity contribution in [1.29, 1.82) is 0 Å². The van der Waals surface area contributed by atoms with Gasteiger partial charge in [0.05, 0.1) is 16.1 Å². The van der Waals surface area contributed by atoms with Crippen molar-refractivity contribution >= 4 is 22.6 Å². The van der Waals surface area contributed by atoms with E-state index in [1.54, 1.807) is 0 Å². The summed E-state index contributed by atoms with van der Waals surface area (Å²) in [6.07, 6.45) is 4.76. The Morgan fingerprint density at radius 3 is 2.72 bits per heavy atom. The van der Waals surface area contributed by atoms with Crippen LogP contribution >= 0.6 is 11.6 Å². The average Bonchev–Trinajstić information content (AvgIpc) is 2.96. The number of nitrogens with zero attached hydrogens (tertiary/aromatic N) is 2. The monoisotopic (exact) mass is 263 g/mol. The fourth-order valence-corrected chi connectivity index (χ4v) is 3.56. The van der Waals surface area contributed by atoms with Gasteiger partial charge in [-0.3, -0.25) is 0 Å². The van der Waals surface area contributed by atoms with Gasteiger partial charge in [0, 0.05) is 19.0 Å². The Labute approximate surface area is 112 Å². The molecule has 1 aliphatic rings. The zero-order chi connectivity index (χ0) is 12.8. The Kier molecular flexibility index (Phi) is 2.83. The molecule has 4 heteroatoms. The van der Waals surface area contributed by atoms with E-state index in [1.165, 1.54) is 12.8 Å². The van der Waals surface area contributed by atoms with Gasteiger partial charge in [0.2, 0.25) is 0 Å². The van der Waals surface area contributed by atoms with Crippen LogP contribution in [0.15, 0.2) is 18.2 Å². The highest BCUT2D eigenvalue weighted by Crippen LogP contribution is 2.41. The second-order valence-corrected chi connectivity index (χ2v) is 5.70. The largest absolute Gasteiger partial charge is 0.329 e. The third kappa shape index (κ3) is 1.57. The molecular formula is C14H18ClN3. The molecule has 96 valence electrons. The molecule has 1 fully saturated rings. The lowest BCUT2D eigenvalue weighted by Crippen LogP contribution is -2.34. The zero-order valence-corrected chi connectivity index (χ0v) is 11.4. The van der Waals surface area contributed by atoms with E-state index in [-0.39, 0.29) is 5.41 Å². The number of nitrogens with two attached hydrogens (primary N) is 1. The minimum absolute atomic E-state index is 0.0527. The Morgan fingerprint density at radius 2 is 2.11 bits per heavy atom. The second kappa shape index (κ2) is 4.25. The van der Waals surface area contributed by atoms with E-state index in [0.29, 0.717) is 6.54 Å². The van der Waals surface area contributed by atoms with Crippen molar-refractivity contribution in [2.75, 3.05) is 6.54 Å². The highest BCUT2D eigenvalue weighted by molar-refractivity contribution is 6.35. The molecule has 2 aromatic rings. The molecule has 0 atom stereocenters. The van der Waals surface area contributed by atoms with Crippen LogP contribution in [0.25, 0.3) is 11.0 Å².